The first-order chi connectivity index (χ1) is 11.3. The molecular weight excluding hydrogens is 308 g/mol. The van der Waals surface area contributed by atoms with Crippen LogP contribution in [-0.4, -0.2) is 44.7 Å². The van der Waals surface area contributed by atoms with E-state index in [-0.39, 0.29) is 30.8 Å². The number of aliphatic carboxylic acids is 1. The van der Waals surface area contributed by atoms with Gasteiger partial charge < -0.3 is 20.4 Å². The Balaban J connectivity index is 1.94. The summed E-state index contributed by atoms with van der Waals surface area (Å²) in [5.41, 5.74) is 1.20. The Morgan fingerprint density at radius 2 is 2.00 bits per heavy atom. The maximum atomic E-state index is 10.6. The number of hydrogen-bond donors (Lipinski definition) is 4. The molecule has 0 spiro atoms. The van der Waals surface area contributed by atoms with Gasteiger partial charge >= 0.3 is 5.97 Å². The molecule has 5 heteroatoms. The molecule has 24 heavy (non-hydrogen) atoms. The molecule has 1 unspecified atom stereocenters. The van der Waals surface area contributed by atoms with E-state index < -0.39 is 18.2 Å². The largest absolute Gasteiger partial charge is 0.481 e. The molecule has 4 N–H and O–H groups in total. The van der Waals surface area contributed by atoms with Gasteiger partial charge in [0, 0.05) is 5.92 Å². The predicted octanol–water partition coefficient (Wildman–Crippen LogP) is 2.12. The molecule has 0 heterocycles. The summed E-state index contributed by atoms with van der Waals surface area (Å²) >= 11 is 0. The highest BCUT2D eigenvalue weighted by Crippen LogP contribution is 2.43. The van der Waals surface area contributed by atoms with Gasteiger partial charge in [-0.05, 0) is 49.0 Å². The molecule has 7 atom stereocenters. The molecule has 0 aliphatic heterocycles. The Hall–Kier alpha value is -1.17. The van der Waals surface area contributed by atoms with Crippen LogP contribution in [0.25, 0.3) is 0 Å². The Kier molecular flexibility index (Phi) is 6.61. The molecule has 0 aromatic heterocycles. The Labute approximate surface area is 143 Å². The Bertz CT molecular complexity index is 498. The van der Waals surface area contributed by atoms with Gasteiger partial charge in [0.2, 0.25) is 0 Å². The Morgan fingerprint density at radius 1 is 1.29 bits per heavy atom. The van der Waals surface area contributed by atoms with Gasteiger partial charge in [-0.25, -0.2) is 0 Å². The van der Waals surface area contributed by atoms with Gasteiger partial charge in [-0.2, -0.15) is 0 Å². The van der Waals surface area contributed by atoms with Crippen LogP contribution in [0.4, 0.5) is 0 Å². The first-order valence-corrected chi connectivity index (χ1v) is 8.93. The molecule has 0 radical (unpaired) electrons. The van der Waals surface area contributed by atoms with Crippen molar-refractivity contribution < 1.29 is 25.2 Å². The second kappa shape index (κ2) is 8.28. The number of carbonyl (C=O) groups is 1. The number of carboxylic acid groups (broad SMARTS) is 1. The van der Waals surface area contributed by atoms with E-state index in [1.807, 2.05) is 0 Å². The lowest BCUT2D eigenvalue weighted by Gasteiger charge is -2.41. The fourth-order valence-corrected chi connectivity index (χ4v) is 4.23. The van der Waals surface area contributed by atoms with Crippen LogP contribution in [0.1, 0.15) is 46.0 Å². The van der Waals surface area contributed by atoms with Crippen molar-refractivity contribution in [1.82, 2.24) is 0 Å². The van der Waals surface area contributed by atoms with Crippen molar-refractivity contribution in [3.05, 3.63) is 23.8 Å². The van der Waals surface area contributed by atoms with Crippen LogP contribution in [0.3, 0.4) is 0 Å². The second-order valence-electron chi connectivity index (χ2n) is 7.57. The number of carboxylic acids is 1. The second-order valence-corrected chi connectivity index (χ2v) is 7.57. The molecule has 2 aliphatic rings. The van der Waals surface area contributed by atoms with Crippen molar-refractivity contribution in [1.29, 1.82) is 0 Å². The maximum absolute atomic E-state index is 10.6. The summed E-state index contributed by atoms with van der Waals surface area (Å²) in [4.78, 5) is 10.6. The molecular formula is C19H30O5. The number of allylic oxidation sites excluding steroid dienone is 3. The number of aliphatic hydroxyl groups excluding tert-OH is 3. The number of fused-ring (bicyclic) bond motifs is 1. The van der Waals surface area contributed by atoms with E-state index in [4.69, 9.17) is 5.11 Å². The van der Waals surface area contributed by atoms with E-state index in [1.54, 1.807) is 0 Å². The van der Waals surface area contributed by atoms with Crippen molar-refractivity contribution in [3.63, 3.8) is 0 Å². The van der Waals surface area contributed by atoms with Gasteiger partial charge in [-0.1, -0.05) is 32.1 Å². The monoisotopic (exact) mass is 338 g/mol. The molecule has 0 bridgehead atoms. The highest BCUT2D eigenvalue weighted by molar-refractivity contribution is 5.67. The van der Waals surface area contributed by atoms with E-state index in [2.05, 4.69) is 32.1 Å². The van der Waals surface area contributed by atoms with Gasteiger partial charge in [-0.3, -0.25) is 4.79 Å². The minimum atomic E-state index is -1.06. The molecule has 0 aromatic rings. The zero-order chi connectivity index (χ0) is 17.9. The summed E-state index contributed by atoms with van der Waals surface area (Å²) in [6.07, 6.45) is 6.20. The van der Waals surface area contributed by atoms with E-state index in [1.165, 1.54) is 5.57 Å². The lowest BCUT2D eigenvalue weighted by molar-refractivity contribution is -0.139. The van der Waals surface area contributed by atoms with Gasteiger partial charge in [0.15, 0.2) is 0 Å². The van der Waals surface area contributed by atoms with Crippen LogP contribution in [0.5, 0.6) is 0 Å². The fraction of sp³-hybridized carbons (Fsp3) is 0.737. The third kappa shape index (κ3) is 4.91. The molecule has 0 amide bonds. The van der Waals surface area contributed by atoms with Crippen molar-refractivity contribution in [2.45, 2.75) is 64.3 Å². The Morgan fingerprint density at radius 3 is 2.67 bits per heavy atom. The van der Waals surface area contributed by atoms with Crippen LogP contribution in [0.2, 0.25) is 0 Å². The standard InChI is InChI=1S/C19H30O5/c1-11-7-13-4-3-12(2)16(19(13)17(22)8-11)6-5-14(20)9-15(21)10-18(23)24/h3-4,7,11-12,14-17,19-22H,5-6,8-10H2,1-2H3,(H,23,24)/t11-,12+,14+,15-,16+,17-,19?/m1/s1. The van der Waals surface area contributed by atoms with Gasteiger partial charge in [0.05, 0.1) is 24.7 Å². The van der Waals surface area contributed by atoms with Crippen LogP contribution < -0.4 is 0 Å². The van der Waals surface area contributed by atoms with Crippen LogP contribution in [0.15, 0.2) is 23.8 Å². The molecule has 2 rings (SSSR count). The average Bonchev–Trinajstić information content (AvgIpc) is 2.45. The summed E-state index contributed by atoms with van der Waals surface area (Å²) in [5.74, 6) is 0.00962. The third-order valence-corrected chi connectivity index (χ3v) is 5.41. The lowest BCUT2D eigenvalue weighted by Crippen LogP contribution is -2.38. The first-order valence-electron chi connectivity index (χ1n) is 8.93. The SMILES string of the molecule is C[C@@H]1C=C2C=C[C@H](C)[C@H](CC[C@H](O)C[C@@H](O)CC(=O)O)C2[C@H](O)C1. The fourth-order valence-electron chi connectivity index (χ4n) is 4.23. The van der Waals surface area contributed by atoms with Crippen molar-refractivity contribution in [2.75, 3.05) is 0 Å². The molecule has 5 nitrogen and oxygen atoms in total. The summed E-state index contributed by atoms with van der Waals surface area (Å²) < 4.78 is 0. The van der Waals surface area contributed by atoms with Crippen LogP contribution >= 0.6 is 0 Å². The summed E-state index contributed by atoms with van der Waals surface area (Å²) in [6.45, 7) is 4.25. The molecule has 0 fully saturated rings. The van der Waals surface area contributed by atoms with Crippen LogP contribution in [-0.2, 0) is 4.79 Å². The highest BCUT2D eigenvalue weighted by Gasteiger charge is 2.38. The van der Waals surface area contributed by atoms with E-state index in [9.17, 15) is 20.1 Å². The molecule has 0 saturated carbocycles. The molecule has 2 aliphatic carbocycles. The summed E-state index contributed by atoms with van der Waals surface area (Å²) in [7, 11) is 0. The van der Waals surface area contributed by atoms with Crippen LogP contribution in [0, 0.1) is 23.7 Å². The van der Waals surface area contributed by atoms with Gasteiger partial charge in [-0.15, -0.1) is 0 Å². The quantitative estimate of drug-likeness (QED) is 0.570. The van der Waals surface area contributed by atoms with Crippen molar-refractivity contribution in [2.24, 2.45) is 23.7 Å². The molecule has 0 saturated heterocycles. The molecule has 136 valence electrons. The summed E-state index contributed by atoms with van der Waals surface area (Å²) in [6, 6.07) is 0. The normalized spacial score (nSPS) is 35.0. The first kappa shape index (κ1) is 19.2. The minimum absolute atomic E-state index is 0.0796. The molecule has 0 aromatic carbocycles. The number of aliphatic hydroxyl groups is 3. The number of rotatable bonds is 7. The van der Waals surface area contributed by atoms with Gasteiger partial charge in [0.1, 0.15) is 0 Å². The predicted molar refractivity (Wildman–Crippen MR) is 91.3 cm³/mol. The van der Waals surface area contributed by atoms with Crippen molar-refractivity contribution >= 4 is 5.97 Å². The minimum Gasteiger partial charge on any atom is -0.481 e. The van der Waals surface area contributed by atoms with Crippen molar-refractivity contribution in [3.8, 4) is 0 Å². The lowest BCUT2D eigenvalue weighted by atomic mass is 9.65. The average molecular weight is 338 g/mol. The van der Waals surface area contributed by atoms with E-state index >= 15 is 0 Å². The van der Waals surface area contributed by atoms with E-state index in [0.29, 0.717) is 18.3 Å². The topological polar surface area (TPSA) is 98.0 Å². The third-order valence-electron chi connectivity index (χ3n) is 5.41. The zero-order valence-corrected chi connectivity index (χ0v) is 14.5. The van der Waals surface area contributed by atoms with E-state index in [0.717, 1.165) is 12.8 Å². The summed E-state index contributed by atoms with van der Waals surface area (Å²) in [5, 5.41) is 38.9. The zero-order valence-electron chi connectivity index (χ0n) is 14.5. The smallest absolute Gasteiger partial charge is 0.305 e. The maximum Gasteiger partial charge on any atom is 0.305 e. The van der Waals surface area contributed by atoms with Gasteiger partial charge in [0.25, 0.3) is 0 Å². The highest BCUT2D eigenvalue weighted by atomic mass is 16.4. The number of hydrogen-bond acceptors (Lipinski definition) is 4.